The third-order valence-corrected chi connectivity index (χ3v) is 7.40. The van der Waals surface area contributed by atoms with Crippen molar-refractivity contribution in [2.45, 2.75) is 4.90 Å². The molecule has 6 nitrogen and oxygen atoms in total. The molecule has 0 radical (unpaired) electrons. The van der Waals surface area contributed by atoms with E-state index in [0.29, 0.717) is 28.8 Å². The molecule has 2 aromatic carbocycles. The second-order valence-corrected chi connectivity index (χ2v) is 10.1. The summed E-state index contributed by atoms with van der Waals surface area (Å²) in [5.41, 5.74) is 0.298. The number of carbonyl (C=O) groups is 1. The summed E-state index contributed by atoms with van der Waals surface area (Å²) < 4.78 is 26.8. The number of hydrogen-bond donors (Lipinski definition) is 1. The van der Waals surface area contributed by atoms with E-state index in [1.165, 1.54) is 28.6 Å². The Labute approximate surface area is 189 Å². The average Bonchev–Trinajstić information content (AvgIpc) is 2.65. The Bertz CT molecular complexity index is 985. The minimum absolute atomic E-state index is 0.0874. The first-order valence-electron chi connectivity index (χ1n) is 8.59. The first-order valence-corrected chi connectivity index (χ1v) is 11.5. The predicted molar refractivity (Wildman–Crippen MR) is 117 cm³/mol. The zero-order valence-electron chi connectivity index (χ0n) is 15.0. The molecule has 29 heavy (non-hydrogen) atoms. The highest BCUT2D eigenvalue weighted by atomic mass is 35.5. The van der Waals surface area contributed by atoms with Crippen LogP contribution in [0.15, 0.2) is 41.3 Å². The molecule has 0 saturated carbocycles. The summed E-state index contributed by atoms with van der Waals surface area (Å²) in [7, 11) is -3.59. The number of nitrogens with one attached hydrogen (secondary N) is 1. The van der Waals surface area contributed by atoms with E-state index in [-0.39, 0.29) is 40.5 Å². The molecular weight excluding hydrogens is 480 g/mol. The van der Waals surface area contributed by atoms with Crippen LogP contribution in [0.4, 0.5) is 5.69 Å². The lowest BCUT2D eigenvalue weighted by atomic mass is 10.3. The predicted octanol–water partition coefficient (Wildman–Crippen LogP) is 4.25. The monoisotopic (exact) mass is 495 g/mol. The van der Waals surface area contributed by atoms with E-state index in [2.05, 4.69) is 5.32 Å². The minimum Gasteiger partial charge on any atom is -0.322 e. The van der Waals surface area contributed by atoms with Crippen molar-refractivity contribution >= 4 is 68.0 Å². The summed E-state index contributed by atoms with van der Waals surface area (Å²) >= 11 is 23.9. The molecule has 0 bridgehead atoms. The lowest BCUT2D eigenvalue weighted by Gasteiger charge is -2.33. The molecule has 1 fully saturated rings. The Morgan fingerprint density at radius 2 is 1.45 bits per heavy atom. The fourth-order valence-electron chi connectivity index (χ4n) is 2.93. The van der Waals surface area contributed by atoms with E-state index in [1.54, 1.807) is 12.1 Å². The Hall–Kier alpha value is -1.06. The highest BCUT2D eigenvalue weighted by molar-refractivity contribution is 7.89. The van der Waals surface area contributed by atoms with Crippen LogP contribution in [-0.2, 0) is 14.8 Å². The van der Waals surface area contributed by atoms with E-state index in [4.69, 9.17) is 46.4 Å². The van der Waals surface area contributed by atoms with Crippen LogP contribution in [0.2, 0.25) is 20.1 Å². The maximum Gasteiger partial charge on any atom is 0.243 e. The van der Waals surface area contributed by atoms with E-state index in [9.17, 15) is 13.2 Å². The molecule has 0 unspecified atom stereocenters. The van der Waals surface area contributed by atoms with Crippen molar-refractivity contribution < 1.29 is 13.2 Å². The van der Waals surface area contributed by atoms with Gasteiger partial charge in [0.1, 0.15) is 0 Å². The van der Waals surface area contributed by atoms with Gasteiger partial charge in [-0.25, -0.2) is 8.42 Å². The molecule has 3 rings (SSSR count). The summed E-state index contributed by atoms with van der Waals surface area (Å²) in [5.74, 6) is -0.301. The fraction of sp³-hybridized carbons (Fsp3) is 0.278. The Morgan fingerprint density at radius 3 is 2.00 bits per heavy atom. The van der Waals surface area contributed by atoms with Crippen molar-refractivity contribution in [3.8, 4) is 0 Å². The number of hydrogen-bond acceptors (Lipinski definition) is 4. The van der Waals surface area contributed by atoms with Gasteiger partial charge >= 0.3 is 0 Å². The van der Waals surface area contributed by atoms with Crippen LogP contribution in [0.1, 0.15) is 0 Å². The van der Waals surface area contributed by atoms with Crippen LogP contribution in [0.3, 0.4) is 0 Å². The van der Waals surface area contributed by atoms with Gasteiger partial charge in [0.05, 0.1) is 27.2 Å². The zero-order chi connectivity index (χ0) is 21.2. The lowest BCUT2D eigenvalue weighted by Crippen LogP contribution is -2.50. The van der Waals surface area contributed by atoms with Crippen LogP contribution in [-0.4, -0.2) is 56.3 Å². The average molecular weight is 497 g/mol. The van der Waals surface area contributed by atoms with Crippen LogP contribution in [0.5, 0.6) is 0 Å². The third kappa shape index (κ3) is 5.55. The van der Waals surface area contributed by atoms with Gasteiger partial charge in [-0.1, -0.05) is 46.4 Å². The Balaban J connectivity index is 1.57. The van der Waals surface area contributed by atoms with Crippen LogP contribution in [0, 0.1) is 0 Å². The first kappa shape index (κ1) is 22.6. The number of benzene rings is 2. The molecule has 0 atom stereocenters. The van der Waals surface area contributed by atoms with Crippen molar-refractivity contribution in [2.75, 3.05) is 38.0 Å². The molecule has 1 aliphatic rings. The highest BCUT2D eigenvalue weighted by Gasteiger charge is 2.29. The maximum absolute atomic E-state index is 12.7. The number of sulfonamides is 1. The molecular formula is C18H17Cl4N3O3S. The van der Waals surface area contributed by atoms with Gasteiger partial charge in [-0.3, -0.25) is 9.69 Å². The van der Waals surface area contributed by atoms with Crippen LogP contribution in [0.25, 0.3) is 0 Å². The standard InChI is InChI=1S/C18H17Cl4N3O3S/c19-12-1-3-14(4-2-12)29(27,28)25-7-5-24(6-8-25)11-17(26)23-18-15(21)9-13(20)10-16(18)22/h1-4,9-10H,5-8,11H2,(H,23,26). The smallest absolute Gasteiger partial charge is 0.243 e. The summed E-state index contributed by atoms with van der Waals surface area (Å²) in [4.78, 5) is 14.4. The molecule has 2 aromatic rings. The number of halogens is 4. The second kappa shape index (κ2) is 9.39. The van der Waals surface area contributed by atoms with E-state index < -0.39 is 10.0 Å². The molecule has 1 amide bonds. The molecule has 1 N–H and O–H groups in total. The van der Waals surface area contributed by atoms with Gasteiger partial charge in [-0.2, -0.15) is 4.31 Å². The topological polar surface area (TPSA) is 69.7 Å². The highest BCUT2D eigenvalue weighted by Crippen LogP contribution is 2.33. The number of nitrogens with zero attached hydrogens (tertiary/aromatic N) is 2. The van der Waals surface area contributed by atoms with Gasteiger partial charge < -0.3 is 5.32 Å². The summed E-state index contributed by atoms with van der Waals surface area (Å²) in [6.07, 6.45) is 0. The second-order valence-electron chi connectivity index (χ2n) is 6.43. The summed E-state index contributed by atoms with van der Waals surface area (Å²) in [6, 6.07) is 9.04. The molecule has 0 aliphatic carbocycles. The minimum atomic E-state index is -3.59. The van der Waals surface area contributed by atoms with Gasteiger partial charge in [0.15, 0.2) is 0 Å². The molecule has 1 heterocycles. The summed E-state index contributed by atoms with van der Waals surface area (Å²) in [6.45, 7) is 1.48. The van der Waals surface area contributed by atoms with Crippen molar-refractivity contribution in [1.82, 2.24) is 9.21 Å². The van der Waals surface area contributed by atoms with Crippen LogP contribution < -0.4 is 5.32 Å². The Morgan fingerprint density at radius 1 is 0.897 bits per heavy atom. The van der Waals surface area contributed by atoms with Gasteiger partial charge in [0.25, 0.3) is 0 Å². The largest absolute Gasteiger partial charge is 0.322 e. The summed E-state index contributed by atoms with van der Waals surface area (Å²) in [5, 5.41) is 4.01. The lowest BCUT2D eigenvalue weighted by molar-refractivity contribution is -0.117. The van der Waals surface area contributed by atoms with Gasteiger partial charge in [0.2, 0.25) is 15.9 Å². The van der Waals surface area contributed by atoms with Gasteiger partial charge in [-0.05, 0) is 36.4 Å². The first-order chi connectivity index (χ1) is 13.7. The number of carbonyl (C=O) groups excluding carboxylic acids is 1. The molecule has 0 aromatic heterocycles. The maximum atomic E-state index is 12.7. The molecule has 11 heteroatoms. The van der Waals surface area contributed by atoms with Gasteiger partial charge in [-0.15, -0.1) is 0 Å². The number of amides is 1. The normalized spacial score (nSPS) is 16.0. The molecule has 156 valence electrons. The van der Waals surface area contributed by atoms with Crippen molar-refractivity contribution in [2.24, 2.45) is 0 Å². The van der Waals surface area contributed by atoms with Crippen molar-refractivity contribution in [3.63, 3.8) is 0 Å². The van der Waals surface area contributed by atoms with E-state index in [0.717, 1.165) is 0 Å². The molecule has 1 aliphatic heterocycles. The number of rotatable bonds is 5. The van der Waals surface area contributed by atoms with E-state index in [1.807, 2.05) is 4.90 Å². The Kier molecular flexibility index (Phi) is 7.32. The third-order valence-electron chi connectivity index (χ3n) is 4.42. The fourth-order valence-corrected chi connectivity index (χ4v) is 5.39. The van der Waals surface area contributed by atoms with E-state index >= 15 is 0 Å². The van der Waals surface area contributed by atoms with Crippen molar-refractivity contribution in [3.05, 3.63) is 56.5 Å². The molecule has 0 spiro atoms. The van der Waals surface area contributed by atoms with Gasteiger partial charge in [0, 0.05) is 36.2 Å². The van der Waals surface area contributed by atoms with Crippen molar-refractivity contribution in [1.29, 1.82) is 0 Å². The molecule has 1 saturated heterocycles. The number of anilines is 1. The SMILES string of the molecule is O=C(CN1CCN(S(=O)(=O)c2ccc(Cl)cc2)CC1)Nc1c(Cl)cc(Cl)cc1Cl. The van der Waals surface area contributed by atoms with Crippen LogP contribution >= 0.6 is 46.4 Å². The number of piperazine rings is 1. The zero-order valence-corrected chi connectivity index (χ0v) is 18.9. The quantitative estimate of drug-likeness (QED) is 0.671.